The number of carbonyl (C=O) groups excluding carboxylic acids is 2. The van der Waals surface area contributed by atoms with Crippen molar-refractivity contribution < 1.29 is 43.4 Å². The van der Waals surface area contributed by atoms with Crippen LogP contribution in [-0.2, 0) is 9.59 Å². The number of likely N-dealkylation sites (N-methyl/N-ethyl adjacent to an activating group) is 1. The topological polar surface area (TPSA) is 72.2 Å². The molecule has 0 saturated heterocycles. The first-order valence-electron chi connectivity index (χ1n) is 7.19. The van der Waals surface area contributed by atoms with E-state index in [9.17, 15) is 9.59 Å². The quantitative estimate of drug-likeness (QED) is 0.381. The van der Waals surface area contributed by atoms with E-state index in [1.54, 1.807) is 0 Å². The molecule has 0 unspecified atom stereocenters. The van der Waals surface area contributed by atoms with Crippen molar-refractivity contribution in [3.8, 4) is 0 Å². The maximum atomic E-state index is 11.5. The third-order valence-corrected chi connectivity index (χ3v) is 3.23. The van der Waals surface area contributed by atoms with Gasteiger partial charge in [-0.05, 0) is 0 Å². The number of quaternary nitrogens is 2. The Balaban J connectivity index is -0.00000180. The Kier molecular flexibility index (Phi) is 14.3. The summed E-state index contributed by atoms with van der Waals surface area (Å²) in [5, 5.41) is 2.83. The van der Waals surface area contributed by atoms with Gasteiger partial charge >= 0.3 is 0 Å². The van der Waals surface area contributed by atoms with Gasteiger partial charge in [-0.3, -0.25) is 9.59 Å². The van der Waals surface area contributed by atoms with Gasteiger partial charge in [0.1, 0.15) is 0 Å². The summed E-state index contributed by atoms with van der Waals surface area (Å²) in [6, 6.07) is 0. The Morgan fingerprint density at radius 2 is 1.45 bits per heavy atom. The highest BCUT2D eigenvalue weighted by atomic mass is 35.5. The summed E-state index contributed by atoms with van der Waals surface area (Å²) in [6.07, 6.45) is 1.46. The third-order valence-electron chi connectivity index (χ3n) is 3.23. The predicted molar refractivity (Wildman–Crippen MR) is 80.8 cm³/mol. The molecule has 0 aromatic carbocycles. The minimum Gasteiger partial charge on any atom is -1.00 e. The standard InChI is InChI=1S/C14H30N4O2.2ClH/c1-17(2,3)10-6-11-18(4,5)12-9-16-14(20)8-7-13(15)19;;/h6-12H2,1-5H3,(H-2,15,16,19,20);2*1H. The number of carbonyl (C=O) groups is 2. The van der Waals surface area contributed by atoms with Gasteiger partial charge in [0, 0.05) is 19.3 Å². The molecule has 134 valence electrons. The van der Waals surface area contributed by atoms with E-state index in [-0.39, 0.29) is 43.6 Å². The van der Waals surface area contributed by atoms with Crippen LogP contribution in [0, 0.1) is 0 Å². The third kappa shape index (κ3) is 17.5. The lowest BCUT2D eigenvalue weighted by Gasteiger charge is -2.31. The fraction of sp³-hybridized carbons (Fsp3) is 0.857. The Morgan fingerprint density at radius 1 is 0.909 bits per heavy atom. The van der Waals surface area contributed by atoms with E-state index in [1.807, 2.05) is 0 Å². The summed E-state index contributed by atoms with van der Waals surface area (Å²) in [6.45, 7) is 3.76. The molecule has 0 aliphatic heterocycles. The largest absolute Gasteiger partial charge is 1.00 e. The van der Waals surface area contributed by atoms with Crippen LogP contribution in [0.4, 0.5) is 0 Å². The first-order valence-corrected chi connectivity index (χ1v) is 7.19. The monoisotopic (exact) mass is 358 g/mol. The molecule has 0 spiro atoms. The van der Waals surface area contributed by atoms with Crippen molar-refractivity contribution in [2.24, 2.45) is 5.73 Å². The van der Waals surface area contributed by atoms with Gasteiger partial charge in [0.05, 0.1) is 61.4 Å². The number of rotatable bonds is 10. The van der Waals surface area contributed by atoms with Crippen LogP contribution in [-0.4, -0.2) is 82.2 Å². The second-order valence-electron chi connectivity index (χ2n) is 7.07. The number of primary amides is 1. The zero-order valence-electron chi connectivity index (χ0n) is 14.5. The fourth-order valence-electron chi connectivity index (χ4n) is 1.91. The van der Waals surface area contributed by atoms with E-state index in [0.29, 0.717) is 6.54 Å². The fourth-order valence-corrected chi connectivity index (χ4v) is 1.91. The maximum absolute atomic E-state index is 11.5. The van der Waals surface area contributed by atoms with Crippen molar-refractivity contribution in [3.63, 3.8) is 0 Å². The smallest absolute Gasteiger partial charge is 0.220 e. The predicted octanol–water partition coefficient (Wildman–Crippen LogP) is -6.45. The number of nitrogens with two attached hydrogens (primary N) is 1. The molecule has 0 aliphatic carbocycles. The molecule has 0 aromatic rings. The summed E-state index contributed by atoms with van der Waals surface area (Å²) >= 11 is 0. The number of halogens is 2. The van der Waals surface area contributed by atoms with Crippen molar-refractivity contribution in [3.05, 3.63) is 0 Å². The van der Waals surface area contributed by atoms with Crippen molar-refractivity contribution in [1.82, 2.24) is 5.32 Å². The van der Waals surface area contributed by atoms with Crippen molar-refractivity contribution in [2.45, 2.75) is 19.3 Å². The lowest BCUT2D eigenvalue weighted by molar-refractivity contribution is -0.901. The lowest BCUT2D eigenvalue weighted by atomic mass is 10.3. The highest BCUT2D eigenvalue weighted by Gasteiger charge is 2.17. The summed E-state index contributed by atoms with van der Waals surface area (Å²) < 4.78 is 1.86. The molecule has 3 N–H and O–H groups in total. The van der Waals surface area contributed by atoms with Crippen LogP contribution in [0.3, 0.4) is 0 Å². The molecule has 0 aliphatic rings. The Morgan fingerprint density at radius 3 is 1.91 bits per heavy atom. The molecule has 0 atom stereocenters. The highest BCUT2D eigenvalue weighted by Crippen LogP contribution is 2.01. The summed E-state index contributed by atoms with van der Waals surface area (Å²) in [4.78, 5) is 22.0. The van der Waals surface area contributed by atoms with Gasteiger partial charge in [-0.2, -0.15) is 0 Å². The Labute approximate surface area is 147 Å². The second-order valence-corrected chi connectivity index (χ2v) is 7.07. The number of hydrogen-bond donors (Lipinski definition) is 2. The normalized spacial score (nSPS) is 11.1. The first-order chi connectivity index (χ1) is 9.02. The molecular weight excluding hydrogens is 327 g/mol. The molecule has 0 bridgehead atoms. The summed E-state index contributed by atoms with van der Waals surface area (Å²) in [5.41, 5.74) is 5.01. The molecule has 0 rings (SSSR count). The molecule has 6 nitrogen and oxygen atoms in total. The van der Waals surface area contributed by atoms with E-state index in [4.69, 9.17) is 5.73 Å². The molecule has 0 radical (unpaired) electrons. The summed E-state index contributed by atoms with van der Waals surface area (Å²) in [7, 11) is 10.9. The van der Waals surface area contributed by atoms with Crippen LogP contribution < -0.4 is 35.9 Å². The van der Waals surface area contributed by atoms with Gasteiger partial charge in [0.15, 0.2) is 0 Å². The molecular formula is C14H32Cl2N4O2. The molecule has 0 heterocycles. The van der Waals surface area contributed by atoms with Gasteiger partial charge in [-0.1, -0.05) is 0 Å². The lowest BCUT2D eigenvalue weighted by Crippen LogP contribution is -3.00. The van der Waals surface area contributed by atoms with Crippen LogP contribution in [0.5, 0.6) is 0 Å². The first kappa shape index (κ1) is 26.3. The van der Waals surface area contributed by atoms with Crippen LogP contribution >= 0.6 is 0 Å². The SMILES string of the molecule is C[N+](C)(C)CCC[N+](C)(C)CCNC(=O)CCC(N)=O.[Cl-].[Cl-]. The highest BCUT2D eigenvalue weighted by molar-refractivity contribution is 5.82. The summed E-state index contributed by atoms with van der Waals surface area (Å²) in [5.74, 6) is -0.535. The Hall–Kier alpha value is -0.560. The molecule has 8 heteroatoms. The molecule has 0 fully saturated rings. The van der Waals surface area contributed by atoms with Gasteiger partial charge in [-0.15, -0.1) is 0 Å². The molecule has 2 amide bonds. The van der Waals surface area contributed by atoms with E-state index in [0.717, 1.165) is 35.0 Å². The number of nitrogens with zero attached hydrogens (tertiary/aromatic N) is 2. The molecule has 0 saturated carbocycles. The zero-order valence-corrected chi connectivity index (χ0v) is 16.0. The van der Waals surface area contributed by atoms with Gasteiger partial charge in [0.25, 0.3) is 0 Å². The maximum Gasteiger partial charge on any atom is 0.220 e. The van der Waals surface area contributed by atoms with Crippen LogP contribution in [0.25, 0.3) is 0 Å². The van der Waals surface area contributed by atoms with Gasteiger partial charge < -0.3 is 44.8 Å². The second kappa shape index (κ2) is 11.9. The average molecular weight is 359 g/mol. The number of hydrogen-bond acceptors (Lipinski definition) is 2. The number of amides is 2. The van der Waals surface area contributed by atoms with E-state index < -0.39 is 5.91 Å². The molecule has 0 aromatic heterocycles. The van der Waals surface area contributed by atoms with Gasteiger partial charge in [0.2, 0.25) is 11.8 Å². The van der Waals surface area contributed by atoms with Crippen molar-refractivity contribution >= 4 is 11.8 Å². The van der Waals surface area contributed by atoms with E-state index in [1.165, 1.54) is 0 Å². The average Bonchev–Trinajstić information content (AvgIpc) is 2.23. The van der Waals surface area contributed by atoms with E-state index in [2.05, 4.69) is 40.6 Å². The van der Waals surface area contributed by atoms with Crippen LogP contribution in [0.1, 0.15) is 19.3 Å². The van der Waals surface area contributed by atoms with Crippen molar-refractivity contribution in [1.29, 1.82) is 0 Å². The van der Waals surface area contributed by atoms with Gasteiger partial charge in [-0.25, -0.2) is 0 Å². The zero-order chi connectivity index (χ0) is 15.8. The van der Waals surface area contributed by atoms with Crippen molar-refractivity contribution in [2.75, 3.05) is 61.4 Å². The van der Waals surface area contributed by atoms with Crippen LogP contribution in [0.15, 0.2) is 0 Å². The number of nitrogens with one attached hydrogen (secondary N) is 1. The Bertz CT molecular complexity index is 331. The van der Waals surface area contributed by atoms with E-state index >= 15 is 0 Å². The minimum atomic E-state index is -0.434. The molecule has 22 heavy (non-hydrogen) atoms. The minimum absolute atomic E-state index is 0. The van der Waals surface area contributed by atoms with Crippen LogP contribution in [0.2, 0.25) is 0 Å².